The number of aryl methyl sites for hydroxylation is 1. The first kappa shape index (κ1) is 17.6. The van der Waals surface area contributed by atoms with E-state index in [-0.39, 0.29) is 12.5 Å². The summed E-state index contributed by atoms with van der Waals surface area (Å²) in [7, 11) is 0. The fourth-order valence-electron chi connectivity index (χ4n) is 2.31. The number of carbonyl (C=O) groups is 1. The minimum atomic E-state index is -0.233. The van der Waals surface area contributed by atoms with Crippen LogP contribution in [-0.2, 0) is 4.79 Å². The molecule has 0 heterocycles. The van der Waals surface area contributed by atoms with Gasteiger partial charge in [-0.3, -0.25) is 4.79 Å². The molecule has 0 saturated carbocycles. The summed E-state index contributed by atoms with van der Waals surface area (Å²) in [6.07, 6.45) is 0. The maximum Gasteiger partial charge on any atom is 0.262 e. The fraction of sp³-hybridized carbons (Fsp3) is 0.278. The second-order valence-corrected chi connectivity index (χ2v) is 6.46. The molecular weight excluding hydrogens is 333 g/mol. The van der Waals surface area contributed by atoms with Crippen LogP contribution in [0.15, 0.2) is 36.4 Å². The summed E-state index contributed by atoms with van der Waals surface area (Å²) in [6.45, 7) is 5.88. The number of carbonyl (C=O) groups excluding carboxylic acids is 1. The quantitative estimate of drug-likeness (QED) is 0.778. The van der Waals surface area contributed by atoms with E-state index in [1.54, 1.807) is 12.1 Å². The maximum atomic E-state index is 12.1. The van der Waals surface area contributed by atoms with Crippen LogP contribution in [0.4, 0.5) is 5.69 Å². The highest BCUT2D eigenvalue weighted by atomic mass is 35.5. The number of amides is 1. The first-order chi connectivity index (χ1) is 10.9. The van der Waals surface area contributed by atoms with Gasteiger partial charge in [0, 0.05) is 10.7 Å². The van der Waals surface area contributed by atoms with Crippen LogP contribution in [0.1, 0.15) is 30.9 Å². The van der Waals surface area contributed by atoms with Gasteiger partial charge < -0.3 is 10.1 Å². The van der Waals surface area contributed by atoms with Crippen molar-refractivity contribution >= 4 is 34.8 Å². The molecule has 0 fully saturated rings. The molecule has 1 N–H and O–H groups in total. The molecule has 0 aliphatic rings. The van der Waals surface area contributed by atoms with Crippen LogP contribution in [0.5, 0.6) is 5.75 Å². The van der Waals surface area contributed by atoms with Gasteiger partial charge in [-0.1, -0.05) is 55.2 Å². The number of para-hydroxylation sites is 1. The Morgan fingerprint density at radius 1 is 1.22 bits per heavy atom. The summed E-state index contributed by atoms with van der Waals surface area (Å²) in [4.78, 5) is 12.1. The van der Waals surface area contributed by atoms with Gasteiger partial charge in [0.2, 0.25) is 0 Å². The predicted molar refractivity (Wildman–Crippen MR) is 95.9 cm³/mol. The minimum Gasteiger partial charge on any atom is -0.482 e. The molecule has 0 aromatic heterocycles. The van der Waals surface area contributed by atoms with Crippen molar-refractivity contribution in [3.05, 3.63) is 57.6 Å². The molecule has 0 aliphatic carbocycles. The van der Waals surface area contributed by atoms with Crippen molar-refractivity contribution in [1.29, 1.82) is 0 Å². The molecule has 0 spiro atoms. The van der Waals surface area contributed by atoms with Crippen molar-refractivity contribution in [2.75, 3.05) is 11.9 Å². The van der Waals surface area contributed by atoms with Gasteiger partial charge in [0.05, 0.1) is 5.02 Å². The number of nitrogens with one attached hydrogen (secondary N) is 1. The van der Waals surface area contributed by atoms with Gasteiger partial charge in [0.25, 0.3) is 5.91 Å². The van der Waals surface area contributed by atoms with Gasteiger partial charge in [-0.2, -0.15) is 0 Å². The number of benzene rings is 2. The van der Waals surface area contributed by atoms with Crippen molar-refractivity contribution in [3.8, 4) is 5.75 Å². The van der Waals surface area contributed by atoms with E-state index in [0.717, 1.165) is 16.8 Å². The highest BCUT2D eigenvalue weighted by molar-refractivity contribution is 6.35. The van der Waals surface area contributed by atoms with Gasteiger partial charge in [-0.15, -0.1) is 0 Å². The van der Waals surface area contributed by atoms with E-state index < -0.39 is 0 Å². The molecule has 23 heavy (non-hydrogen) atoms. The number of anilines is 1. The Morgan fingerprint density at radius 3 is 2.57 bits per heavy atom. The molecule has 0 radical (unpaired) electrons. The average Bonchev–Trinajstić information content (AvgIpc) is 2.46. The molecule has 0 bridgehead atoms. The van der Waals surface area contributed by atoms with E-state index in [2.05, 4.69) is 19.2 Å². The lowest BCUT2D eigenvalue weighted by Crippen LogP contribution is -2.21. The van der Waals surface area contributed by atoms with Crippen LogP contribution in [0.25, 0.3) is 0 Å². The summed E-state index contributed by atoms with van der Waals surface area (Å²) in [5.74, 6) is 0.562. The Bertz CT molecular complexity index is 691. The maximum absolute atomic E-state index is 12.1. The van der Waals surface area contributed by atoms with Crippen LogP contribution in [0.2, 0.25) is 10.0 Å². The van der Waals surface area contributed by atoms with Gasteiger partial charge in [-0.25, -0.2) is 0 Å². The summed E-state index contributed by atoms with van der Waals surface area (Å²) in [5.41, 5.74) is 2.68. The summed E-state index contributed by atoms with van der Waals surface area (Å²) < 4.78 is 5.55. The van der Waals surface area contributed by atoms with E-state index >= 15 is 0 Å². The molecule has 2 rings (SSSR count). The number of halogens is 2. The minimum absolute atomic E-state index is 0.116. The number of ether oxygens (including phenoxy) is 1. The molecule has 0 atom stereocenters. The highest BCUT2D eigenvalue weighted by Crippen LogP contribution is 2.31. The van der Waals surface area contributed by atoms with E-state index in [1.165, 1.54) is 0 Å². The largest absolute Gasteiger partial charge is 0.482 e. The molecule has 2 aromatic rings. The molecule has 2 aromatic carbocycles. The molecule has 3 nitrogen and oxygen atoms in total. The van der Waals surface area contributed by atoms with Gasteiger partial charge in [0.1, 0.15) is 5.75 Å². The van der Waals surface area contributed by atoms with Gasteiger partial charge in [0.15, 0.2) is 6.61 Å². The highest BCUT2D eigenvalue weighted by Gasteiger charge is 2.12. The van der Waals surface area contributed by atoms with Crippen molar-refractivity contribution in [1.82, 2.24) is 0 Å². The van der Waals surface area contributed by atoms with Crippen molar-refractivity contribution in [2.24, 2.45) is 0 Å². The third-order valence-electron chi connectivity index (χ3n) is 3.40. The fourth-order valence-corrected chi connectivity index (χ4v) is 2.96. The second kappa shape index (κ2) is 7.71. The van der Waals surface area contributed by atoms with Gasteiger partial charge in [-0.05, 0) is 42.2 Å². The zero-order chi connectivity index (χ0) is 17.0. The van der Waals surface area contributed by atoms with E-state index in [9.17, 15) is 4.79 Å². The SMILES string of the molecule is Cc1cc(Cl)cc(Cl)c1OCC(=O)Nc1ccccc1C(C)C. The van der Waals surface area contributed by atoms with E-state index in [1.807, 2.05) is 31.2 Å². The molecule has 0 aliphatic heterocycles. The third-order valence-corrected chi connectivity index (χ3v) is 3.90. The first-order valence-electron chi connectivity index (χ1n) is 7.35. The Hall–Kier alpha value is -1.71. The topological polar surface area (TPSA) is 38.3 Å². The summed E-state index contributed by atoms with van der Waals surface area (Å²) in [6, 6.07) is 11.1. The summed E-state index contributed by atoms with van der Waals surface area (Å²) >= 11 is 12.0. The van der Waals surface area contributed by atoms with Crippen molar-refractivity contribution < 1.29 is 9.53 Å². The van der Waals surface area contributed by atoms with Crippen molar-refractivity contribution in [3.63, 3.8) is 0 Å². The average molecular weight is 352 g/mol. The normalized spacial score (nSPS) is 10.7. The van der Waals surface area contributed by atoms with E-state index in [4.69, 9.17) is 27.9 Å². The third kappa shape index (κ3) is 4.63. The standard InChI is InChI=1S/C18H19Cl2NO2/c1-11(2)14-6-4-5-7-16(14)21-17(22)10-23-18-12(3)8-13(19)9-15(18)20/h4-9,11H,10H2,1-3H3,(H,21,22). The van der Waals surface area contributed by atoms with Crippen LogP contribution >= 0.6 is 23.2 Å². The van der Waals surface area contributed by atoms with Crippen LogP contribution < -0.4 is 10.1 Å². The molecule has 122 valence electrons. The lowest BCUT2D eigenvalue weighted by molar-refractivity contribution is -0.118. The van der Waals surface area contributed by atoms with Crippen LogP contribution in [-0.4, -0.2) is 12.5 Å². The zero-order valence-corrected chi connectivity index (χ0v) is 14.8. The Labute approximate surface area is 146 Å². The number of rotatable bonds is 5. The van der Waals surface area contributed by atoms with Crippen LogP contribution in [0.3, 0.4) is 0 Å². The van der Waals surface area contributed by atoms with E-state index in [0.29, 0.717) is 21.7 Å². The summed E-state index contributed by atoms with van der Waals surface area (Å²) in [5, 5.41) is 3.81. The number of hydrogen-bond donors (Lipinski definition) is 1. The lowest BCUT2D eigenvalue weighted by Gasteiger charge is -2.15. The first-order valence-corrected chi connectivity index (χ1v) is 8.11. The molecule has 5 heteroatoms. The van der Waals surface area contributed by atoms with Gasteiger partial charge >= 0.3 is 0 Å². The lowest BCUT2D eigenvalue weighted by atomic mass is 10.0. The number of hydrogen-bond acceptors (Lipinski definition) is 2. The predicted octanol–water partition coefficient (Wildman–Crippen LogP) is 5.44. The van der Waals surface area contributed by atoms with Crippen molar-refractivity contribution in [2.45, 2.75) is 26.7 Å². The second-order valence-electron chi connectivity index (χ2n) is 5.61. The monoisotopic (exact) mass is 351 g/mol. The zero-order valence-electron chi connectivity index (χ0n) is 13.3. The smallest absolute Gasteiger partial charge is 0.262 e. The molecular formula is C18H19Cl2NO2. The molecule has 0 unspecified atom stereocenters. The Balaban J connectivity index is 2.04. The Morgan fingerprint density at radius 2 is 1.91 bits per heavy atom. The Kier molecular flexibility index (Phi) is 5.91. The molecule has 0 saturated heterocycles. The molecule has 1 amide bonds. The van der Waals surface area contributed by atoms with Crippen LogP contribution in [0, 0.1) is 6.92 Å².